The van der Waals surface area contributed by atoms with Gasteiger partial charge < -0.3 is 4.98 Å². The van der Waals surface area contributed by atoms with Gasteiger partial charge in [-0.15, -0.1) is 0 Å². The van der Waals surface area contributed by atoms with Crippen LogP contribution in [-0.2, 0) is 0 Å². The van der Waals surface area contributed by atoms with Crippen molar-refractivity contribution in [1.29, 1.82) is 0 Å². The number of hydrogen-bond donors (Lipinski definition) is 1. The van der Waals surface area contributed by atoms with Crippen LogP contribution in [0, 0.1) is 4.77 Å². The molecule has 4 aromatic rings. The quantitative estimate of drug-likeness (QED) is 0.556. The van der Waals surface area contributed by atoms with Gasteiger partial charge in [0.05, 0.1) is 5.69 Å². The van der Waals surface area contributed by atoms with Crippen molar-refractivity contribution < 1.29 is 0 Å². The number of halogens is 1. The Morgan fingerprint density at radius 1 is 1.00 bits per heavy atom. The third-order valence-corrected chi connectivity index (χ3v) is 4.26. The van der Waals surface area contributed by atoms with Crippen LogP contribution >= 0.6 is 23.8 Å². The van der Waals surface area contributed by atoms with Crippen molar-refractivity contribution in [1.82, 2.24) is 19.1 Å². The predicted molar refractivity (Wildman–Crippen MR) is 96.9 cm³/mol. The molecular formula is C17H11ClN4OS. The number of aromatic nitrogens is 4. The van der Waals surface area contributed by atoms with E-state index in [4.69, 9.17) is 23.8 Å². The first-order valence-corrected chi connectivity index (χ1v) is 7.97. The van der Waals surface area contributed by atoms with E-state index in [1.807, 2.05) is 30.3 Å². The second kappa shape index (κ2) is 5.74. The summed E-state index contributed by atoms with van der Waals surface area (Å²) in [5, 5.41) is 0.594. The van der Waals surface area contributed by atoms with Crippen LogP contribution < -0.4 is 5.56 Å². The Morgan fingerprint density at radius 3 is 2.42 bits per heavy atom. The summed E-state index contributed by atoms with van der Waals surface area (Å²) in [5.74, 6) is 0. The normalized spacial score (nSPS) is 11.0. The Balaban J connectivity index is 1.99. The van der Waals surface area contributed by atoms with Crippen LogP contribution in [0.5, 0.6) is 0 Å². The van der Waals surface area contributed by atoms with Gasteiger partial charge in [0.1, 0.15) is 12.0 Å². The maximum atomic E-state index is 12.8. The first-order chi connectivity index (χ1) is 11.6. The molecule has 0 aliphatic heterocycles. The number of aromatic amines is 1. The van der Waals surface area contributed by atoms with Crippen LogP contribution in [0.4, 0.5) is 0 Å². The van der Waals surface area contributed by atoms with Gasteiger partial charge in [-0.05, 0) is 48.6 Å². The van der Waals surface area contributed by atoms with E-state index in [9.17, 15) is 4.79 Å². The average molecular weight is 355 g/mol. The topological polar surface area (TPSA) is 55.6 Å². The summed E-state index contributed by atoms with van der Waals surface area (Å²) >= 11 is 11.3. The third-order valence-electron chi connectivity index (χ3n) is 3.72. The molecule has 0 bridgehead atoms. The van der Waals surface area contributed by atoms with Gasteiger partial charge in [-0.25, -0.2) is 4.98 Å². The Morgan fingerprint density at radius 2 is 1.71 bits per heavy atom. The second-order valence-electron chi connectivity index (χ2n) is 5.19. The van der Waals surface area contributed by atoms with Crippen LogP contribution in [-0.4, -0.2) is 19.1 Å². The molecule has 24 heavy (non-hydrogen) atoms. The van der Waals surface area contributed by atoms with Crippen LogP contribution in [0.2, 0.25) is 5.02 Å². The van der Waals surface area contributed by atoms with Crippen molar-refractivity contribution in [2.75, 3.05) is 0 Å². The molecule has 2 aromatic carbocycles. The fourth-order valence-corrected chi connectivity index (χ4v) is 3.00. The Kier molecular flexibility index (Phi) is 3.55. The van der Waals surface area contributed by atoms with E-state index in [2.05, 4.69) is 9.97 Å². The van der Waals surface area contributed by atoms with Gasteiger partial charge in [-0.3, -0.25) is 13.9 Å². The van der Waals surface area contributed by atoms with Gasteiger partial charge in [0, 0.05) is 10.7 Å². The van der Waals surface area contributed by atoms with Crippen LogP contribution in [0.3, 0.4) is 0 Å². The summed E-state index contributed by atoms with van der Waals surface area (Å²) in [6.45, 7) is 0. The molecule has 2 heterocycles. The van der Waals surface area contributed by atoms with Crippen LogP contribution in [0.15, 0.2) is 65.7 Å². The SMILES string of the molecule is O=c1c2ncn(-c3ccccc3)c2[nH]c(=S)n1-c1ccc(Cl)cc1. The van der Waals surface area contributed by atoms with E-state index >= 15 is 0 Å². The van der Waals surface area contributed by atoms with E-state index in [-0.39, 0.29) is 5.56 Å². The van der Waals surface area contributed by atoms with Crippen LogP contribution in [0.1, 0.15) is 0 Å². The maximum Gasteiger partial charge on any atom is 0.287 e. The fraction of sp³-hybridized carbons (Fsp3) is 0. The van der Waals surface area contributed by atoms with Gasteiger partial charge in [-0.2, -0.15) is 0 Å². The van der Waals surface area contributed by atoms with Crippen molar-refractivity contribution in [2.45, 2.75) is 0 Å². The molecule has 5 nitrogen and oxygen atoms in total. The summed E-state index contributed by atoms with van der Waals surface area (Å²) in [6.07, 6.45) is 1.61. The molecule has 0 amide bonds. The number of hydrogen-bond acceptors (Lipinski definition) is 3. The zero-order chi connectivity index (χ0) is 16.7. The lowest BCUT2D eigenvalue weighted by atomic mass is 10.3. The third kappa shape index (κ3) is 2.36. The number of para-hydroxylation sites is 1. The largest absolute Gasteiger partial charge is 0.316 e. The standard InChI is InChI=1S/C17H11ClN4OS/c18-11-6-8-13(9-7-11)22-16(23)14-15(20-17(22)24)21(10-19-14)12-4-2-1-3-5-12/h1-10H,(H,20,24). The predicted octanol–water partition coefficient (Wildman–Crippen LogP) is 3.89. The lowest BCUT2D eigenvalue weighted by Crippen LogP contribution is -2.21. The van der Waals surface area contributed by atoms with Gasteiger partial charge >= 0.3 is 0 Å². The number of benzene rings is 2. The van der Waals surface area contributed by atoms with Crippen molar-refractivity contribution in [3.8, 4) is 11.4 Å². The molecule has 1 N–H and O–H groups in total. The lowest BCUT2D eigenvalue weighted by molar-refractivity contribution is 0.927. The minimum absolute atomic E-state index is 0.272. The van der Waals surface area contributed by atoms with Crippen molar-refractivity contribution >= 4 is 35.0 Å². The first-order valence-electron chi connectivity index (χ1n) is 7.19. The van der Waals surface area contributed by atoms with Gasteiger partial charge in [0.15, 0.2) is 10.3 Å². The molecule has 2 aromatic heterocycles. The number of fused-ring (bicyclic) bond motifs is 1. The number of imidazole rings is 1. The van der Waals surface area contributed by atoms with E-state index in [1.54, 1.807) is 35.2 Å². The first kappa shape index (κ1) is 14.9. The molecule has 0 unspecified atom stereocenters. The fourth-order valence-electron chi connectivity index (χ4n) is 2.59. The summed E-state index contributed by atoms with van der Waals surface area (Å²) in [5.41, 5.74) is 2.16. The Labute approximate surface area is 146 Å². The number of nitrogens with one attached hydrogen (secondary N) is 1. The maximum absolute atomic E-state index is 12.8. The molecule has 0 aliphatic carbocycles. The average Bonchev–Trinajstić information content (AvgIpc) is 3.01. The number of nitrogens with zero attached hydrogens (tertiary/aromatic N) is 3. The van der Waals surface area contributed by atoms with E-state index in [0.717, 1.165) is 5.69 Å². The summed E-state index contributed by atoms with van der Waals surface area (Å²) < 4.78 is 3.52. The highest BCUT2D eigenvalue weighted by atomic mass is 35.5. The molecular weight excluding hydrogens is 344 g/mol. The summed E-state index contributed by atoms with van der Waals surface area (Å²) in [6, 6.07) is 16.6. The van der Waals surface area contributed by atoms with E-state index < -0.39 is 0 Å². The minimum atomic E-state index is -0.272. The molecule has 4 rings (SSSR count). The molecule has 0 radical (unpaired) electrons. The van der Waals surface area contributed by atoms with Gasteiger partial charge in [0.2, 0.25) is 0 Å². The van der Waals surface area contributed by atoms with E-state index in [0.29, 0.717) is 26.6 Å². The highest BCUT2D eigenvalue weighted by molar-refractivity contribution is 7.71. The minimum Gasteiger partial charge on any atom is -0.316 e. The van der Waals surface area contributed by atoms with Crippen molar-refractivity contribution in [2.24, 2.45) is 0 Å². The summed E-state index contributed by atoms with van der Waals surface area (Å²) in [4.78, 5) is 20.2. The van der Waals surface area contributed by atoms with Gasteiger partial charge in [0.25, 0.3) is 5.56 Å². The Bertz CT molecular complexity index is 1140. The molecule has 0 saturated heterocycles. The monoisotopic (exact) mass is 354 g/mol. The highest BCUT2D eigenvalue weighted by Gasteiger charge is 2.13. The molecule has 118 valence electrons. The van der Waals surface area contributed by atoms with E-state index in [1.165, 1.54) is 4.57 Å². The highest BCUT2D eigenvalue weighted by Crippen LogP contribution is 2.16. The Hall–Kier alpha value is -2.70. The molecule has 0 atom stereocenters. The zero-order valence-corrected chi connectivity index (χ0v) is 13.9. The molecule has 0 spiro atoms. The molecule has 7 heteroatoms. The zero-order valence-electron chi connectivity index (χ0n) is 12.3. The lowest BCUT2D eigenvalue weighted by Gasteiger charge is -2.08. The molecule has 0 fully saturated rings. The molecule has 0 saturated carbocycles. The van der Waals surface area contributed by atoms with Gasteiger partial charge in [-0.1, -0.05) is 29.8 Å². The summed E-state index contributed by atoms with van der Waals surface area (Å²) in [7, 11) is 0. The number of H-pyrrole nitrogens is 1. The van der Waals surface area contributed by atoms with Crippen LogP contribution in [0.25, 0.3) is 22.5 Å². The van der Waals surface area contributed by atoms with Crippen molar-refractivity contribution in [3.63, 3.8) is 0 Å². The van der Waals surface area contributed by atoms with Crippen molar-refractivity contribution in [3.05, 3.63) is 81.1 Å². The smallest absolute Gasteiger partial charge is 0.287 e. The molecule has 0 aliphatic rings. The number of rotatable bonds is 2. The second-order valence-corrected chi connectivity index (χ2v) is 6.02.